The lowest BCUT2D eigenvalue weighted by molar-refractivity contribution is -0.119. The van der Waals surface area contributed by atoms with Gasteiger partial charge in [0.15, 0.2) is 0 Å². The maximum Gasteiger partial charge on any atom is 0.227 e. The number of likely N-dealkylation sites (N-methyl/N-ethyl adjacent to an activating group) is 1. The summed E-state index contributed by atoms with van der Waals surface area (Å²) in [6.07, 6.45) is 4.36. The van der Waals surface area contributed by atoms with Gasteiger partial charge in [0.2, 0.25) is 5.91 Å². The van der Waals surface area contributed by atoms with Crippen LogP contribution in [0.4, 0.5) is 5.69 Å². The summed E-state index contributed by atoms with van der Waals surface area (Å²) >= 11 is 0. The van der Waals surface area contributed by atoms with E-state index in [4.69, 9.17) is 4.74 Å². The molecule has 132 valence electrons. The molecule has 0 bridgehead atoms. The molecule has 1 heterocycles. The Morgan fingerprint density at radius 1 is 1.17 bits per heavy atom. The summed E-state index contributed by atoms with van der Waals surface area (Å²) in [7, 11) is 2.16. The highest BCUT2D eigenvalue weighted by molar-refractivity contribution is 5.94. The first-order valence-corrected chi connectivity index (χ1v) is 9.16. The van der Waals surface area contributed by atoms with Crippen LogP contribution >= 0.6 is 0 Å². The predicted octanol–water partition coefficient (Wildman–Crippen LogP) is 2.44. The number of ether oxygens (including phenoxy) is 1. The molecule has 1 aromatic rings. The Balaban J connectivity index is 1.49. The van der Waals surface area contributed by atoms with Gasteiger partial charge in [0.05, 0.1) is 5.69 Å². The second-order valence-electron chi connectivity index (χ2n) is 6.96. The summed E-state index contributed by atoms with van der Waals surface area (Å²) in [6, 6.07) is 7.76. The molecule has 1 amide bonds. The minimum absolute atomic E-state index is 0.141. The molecule has 1 aromatic carbocycles. The lowest BCUT2D eigenvalue weighted by Gasteiger charge is -2.32. The number of piperazine rings is 1. The van der Waals surface area contributed by atoms with Crippen molar-refractivity contribution in [2.24, 2.45) is 5.92 Å². The van der Waals surface area contributed by atoms with Crippen molar-refractivity contribution < 1.29 is 9.53 Å². The van der Waals surface area contributed by atoms with Gasteiger partial charge in [-0.2, -0.15) is 0 Å². The van der Waals surface area contributed by atoms with Gasteiger partial charge < -0.3 is 15.0 Å². The van der Waals surface area contributed by atoms with Crippen LogP contribution in [-0.2, 0) is 4.79 Å². The van der Waals surface area contributed by atoms with Crippen LogP contribution in [-0.4, -0.2) is 62.1 Å². The van der Waals surface area contributed by atoms with Crippen LogP contribution in [0.3, 0.4) is 0 Å². The molecule has 2 fully saturated rings. The highest BCUT2D eigenvalue weighted by Crippen LogP contribution is 2.29. The number of hydrogen-bond acceptors (Lipinski definition) is 4. The Morgan fingerprint density at radius 3 is 2.62 bits per heavy atom. The van der Waals surface area contributed by atoms with E-state index in [1.54, 1.807) is 0 Å². The first kappa shape index (κ1) is 17.2. The van der Waals surface area contributed by atoms with E-state index in [-0.39, 0.29) is 11.8 Å². The molecule has 0 aromatic heterocycles. The fourth-order valence-electron chi connectivity index (χ4n) is 3.47. The standard InChI is InChI=1S/C19H29N3O2/c1-21-10-12-22(13-11-21)14-15-24-18-9-5-4-8-17(18)20-19(23)16-6-2-3-7-16/h4-5,8-9,16H,2-3,6-7,10-15H2,1H3,(H,20,23). The number of rotatable bonds is 6. The second-order valence-corrected chi connectivity index (χ2v) is 6.96. The third kappa shape index (κ3) is 4.71. The number of nitrogens with zero attached hydrogens (tertiary/aromatic N) is 2. The van der Waals surface area contributed by atoms with E-state index in [2.05, 4.69) is 22.2 Å². The van der Waals surface area contributed by atoms with E-state index >= 15 is 0 Å². The molecule has 5 heteroatoms. The fraction of sp³-hybridized carbons (Fsp3) is 0.632. The molecule has 5 nitrogen and oxygen atoms in total. The van der Waals surface area contributed by atoms with E-state index in [1.165, 1.54) is 12.8 Å². The summed E-state index contributed by atoms with van der Waals surface area (Å²) in [5.41, 5.74) is 0.799. The Morgan fingerprint density at radius 2 is 1.88 bits per heavy atom. The van der Waals surface area contributed by atoms with Crippen LogP contribution in [0.25, 0.3) is 0 Å². The highest BCUT2D eigenvalue weighted by atomic mass is 16.5. The second kappa shape index (κ2) is 8.49. The Bertz CT molecular complexity index is 535. The van der Waals surface area contributed by atoms with Gasteiger partial charge in [-0.25, -0.2) is 0 Å². The predicted molar refractivity (Wildman–Crippen MR) is 96.5 cm³/mol. The Hall–Kier alpha value is -1.59. The molecule has 0 atom stereocenters. The molecule has 1 N–H and O–H groups in total. The Kier molecular flexibility index (Phi) is 6.10. The first-order chi connectivity index (χ1) is 11.7. The van der Waals surface area contributed by atoms with E-state index in [9.17, 15) is 4.79 Å². The number of benzene rings is 1. The summed E-state index contributed by atoms with van der Waals surface area (Å²) < 4.78 is 5.96. The van der Waals surface area contributed by atoms with Crippen molar-refractivity contribution in [1.29, 1.82) is 0 Å². The number of carbonyl (C=O) groups excluding carboxylic acids is 1. The van der Waals surface area contributed by atoms with Crippen LogP contribution in [0.15, 0.2) is 24.3 Å². The van der Waals surface area contributed by atoms with E-state index in [0.29, 0.717) is 6.61 Å². The molecule has 1 saturated heterocycles. The molecular weight excluding hydrogens is 302 g/mol. The Labute approximate surface area is 145 Å². The molecule has 0 unspecified atom stereocenters. The SMILES string of the molecule is CN1CCN(CCOc2ccccc2NC(=O)C2CCCC2)CC1. The van der Waals surface area contributed by atoms with Crippen molar-refractivity contribution in [3.05, 3.63) is 24.3 Å². The van der Waals surface area contributed by atoms with Gasteiger partial charge in [-0.15, -0.1) is 0 Å². The van der Waals surface area contributed by atoms with E-state index in [0.717, 1.165) is 57.0 Å². The summed E-state index contributed by atoms with van der Waals surface area (Å²) in [6.45, 7) is 6.01. The van der Waals surface area contributed by atoms with Crippen LogP contribution in [0.5, 0.6) is 5.75 Å². The third-order valence-corrected chi connectivity index (χ3v) is 5.13. The van der Waals surface area contributed by atoms with E-state index in [1.807, 2.05) is 24.3 Å². The maximum absolute atomic E-state index is 12.3. The summed E-state index contributed by atoms with van der Waals surface area (Å²) in [5, 5.41) is 3.06. The summed E-state index contributed by atoms with van der Waals surface area (Å²) in [4.78, 5) is 17.1. The monoisotopic (exact) mass is 331 g/mol. The van der Waals surface area contributed by atoms with E-state index < -0.39 is 0 Å². The molecular formula is C19H29N3O2. The van der Waals surface area contributed by atoms with Crippen molar-refractivity contribution in [3.8, 4) is 5.75 Å². The minimum atomic E-state index is 0.141. The van der Waals surface area contributed by atoms with Gasteiger partial charge >= 0.3 is 0 Å². The first-order valence-electron chi connectivity index (χ1n) is 9.16. The zero-order valence-electron chi connectivity index (χ0n) is 14.7. The van der Waals surface area contributed by atoms with Crippen LogP contribution in [0.2, 0.25) is 0 Å². The number of nitrogens with one attached hydrogen (secondary N) is 1. The minimum Gasteiger partial charge on any atom is -0.490 e. The van der Waals surface area contributed by atoms with Crippen molar-refractivity contribution in [2.75, 3.05) is 51.7 Å². The molecule has 0 spiro atoms. The fourth-order valence-corrected chi connectivity index (χ4v) is 3.47. The van der Waals surface area contributed by atoms with Gasteiger partial charge in [0.25, 0.3) is 0 Å². The van der Waals surface area contributed by atoms with Gasteiger partial charge in [-0.1, -0.05) is 25.0 Å². The quantitative estimate of drug-likeness (QED) is 0.870. The van der Waals surface area contributed by atoms with Crippen molar-refractivity contribution >= 4 is 11.6 Å². The average molecular weight is 331 g/mol. The number of hydrogen-bond donors (Lipinski definition) is 1. The van der Waals surface area contributed by atoms with Crippen molar-refractivity contribution in [1.82, 2.24) is 9.80 Å². The molecule has 1 aliphatic carbocycles. The highest BCUT2D eigenvalue weighted by Gasteiger charge is 2.23. The summed E-state index contributed by atoms with van der Waals surface area (Å²) in [5.74, 6) is 1.09. The maximum atomic E-state index is 12.3. The largest absolute Gasteiger partial charge is 0.490 e. The van der Waals surface area contributed by atoms with Crippen molar-refractivity contribution in [2.45, 2.75) is 25.7 Å². The lowest BCUT2D eigenvalue weighted by atomic mass is 10.1. The van der Waals surface area contributed by atoms with Gasteiger partial charge in [-0.3, -0.25) is 9.69 Å². The van der Waals surface area contributed by atoms with Gasteiger partial charge in [-0.05, 0) is 32.0 Å². The number of amides is 1. The van der Waals surface area contributed by atoms with Crippen LogP contribution in [0, 0.1) is 5.92 Å². The smallest absolute Gasteiger partial charge is 0.227 e. The van der Waals surface area contributed by atoms with Gasteiger partial charge in [0.1, 0.15) is 12.4 Å². The topological polar surface area (TPSA) is 44.8 Å². The zero-order chi connectivity index (χ0) is 16.8. The normalized spacial score (nSPS) is 20.2. The van der Waals surface area contributed by atoms with Gasteiger partial charge in [0, 0.05) is 38.6 Å². The zero-order valence-corrected chi connectivity index (χ0v) is 14.7. The van der Waals surface area contributed by atoms with Crippen LogP contribution in [0.1, 0.15) is 25.7 Å². The number of carbonyl (C=O) groups is 1. The lowest BCUT2D eigenvalue weighted by Crippen LogP contribution is -2.45. The molecule has 3 rings (SSSR count). The third-order valence-electron chi connectivity index (χ3n) is 5.13. The molecule has 0 radical (unpaired) electrons. The molecule has 1 saturated carbocycles. The molecule has 1 aliphatic heterocycles. The number of anilines is 1. The van der Waals surface area contributed by atoms with Crippen molar-refractivity contribution in [3.63, 3.8) is 0 Å². The molecule has 2 aliphatic rings. The van der Waals surface area contributed by atoms with Crippen LogP contribution < -0.4 is 10.1 Å². The average Bonchev–Trinajstić information content (AvgIpc) is 3.13. The molecule has 24 heavy (non-hydrogen) atoms. The number of para-hydroxylation sites is 2.